The summed E-state index contributed by atoms with van der Waals surface area (Å²) in [4.78, 5) is 17.1. The first-order valence-electron chi connectivity index (χ1n) is 10.4. The highest BCUT2D eigenvalue weighted by atomic mass is 32.2. The molecule has 2 aliphatic heterocycles. The number of piperazine rings is 1. The lowest BCUT2D eigenvalue weighted by Gasteiger charge is -2.36. The van der Waals surface area contributed by atoms with Crippen molar-refractivity contribution < 1.29 is 23.1 Å². The number of para-hydroxylation sites is 2. The van der Waals surface area contributed by atoms with Crippen LogP contribution in [-0.4, -0.2) is 81.1 Å². The van der Waals surface area contributed by atoms with Crippen molar-refractivity contribution in [3.05, 3.63) is 53.6 Å². The SMILES string of the molecule is Cc1ccc(C(=O)N2CCN(c3ccccc3O)CC2)cc1S(=O)(=O)N1CCOCC1. The Kier molecular flexibility index (Phi) is 6.17. The Bertz CT molecular complexity index is 1060. The molecular weight excluding hydrogens is 418 g/mol. The summed E-state index contributed by atoms with van der Waals surface area (Å²) < 4.78 is 32.9. The molecule has 1 amide bonds. The average molecular weight is 446 g/mol. The molecule has 4 rings (SSSR count). The monoisotopic (exact) mass is 445 g/mol. The highest BCUT2D eigenvalue weighted by molar-refractivity contribution is 7.89. The van der Waals surface area contributed by atoms with Gasteiger partial charge in [-0.15, -0.1) is 0 Å². The molecule has 9 heteroatoms. The van der Waals surface area contributed by atoms with E-state index in [1.54, 1.807) is 36.1 Å². The zero-order valence-corrected chi connectivity index (χ0v) is 18.3. The molecule has 2 aromatic carbocycles. The molecule has 2 fully saturated rings. The van der Waals surface area contributed by atoms with Crippen LogP contribution in [0.25, 0.3) is 0 Å². The van der Waals surface area contributed by atoms with Crippen molar-refractivity contribution in [2.75, 3.05) is 57.4 Å². The Hall–Kier alpha value is -2.62. The summed E-state index contributed by atoms with van der Waals surface area (Å²) in [6.45, 7) is 5.28. The molecule has 0 aromatic heterocycles. The Balaban J connectivity index is 1.50. The van der Waals surface area contributed by atoms with E-state index >= 15 is 0 Å². The second-order valence-corrected chi connectivity index (χ2v) is 9.67. The lowest BCUT2D eigenvalue weighted by molar-refractivity contribution is 0.0729. The van der Waals surface area contributed by atoms with Crippen LogP contribution in [0.5, 0.6) is 5.75 Å². The van der Waals surface area contributed by atoms with Gasteiger partial charge in [-0.2, -0.15) is 4.31 Å². The van der Waals surface area contributed by atoms with Crippen molar-refractivity contribution in [2.24, 2.45) is 0 Å². The van der Waals surface area contributed by atoms with Gasteiger partial charge in [-0.1, -0.05) is 18.2 Å². The molecule has 2 aliphatic rings. The second-order valence-electron chi connectivity index (χ2n) is 7.76. The molecule has 0 aliphatic carbocycles. The van der Waals surface area contributed by atoms with Crippen LogP contribution < -0.4 is 4.90 Å². The Morgan fingerprint density at radius 1 is 0.968 bits per heavy atom. The number of amides is 1. The topological polar surface area (TPSA) is 90.4 Å². The van der Waals surface area contributed by atoms with Gasteiger partial charge in [0.2, 0.25) is 10.0 Å². The summed E-state index contributed by atoms with van der Waals surface area (Å²) >= 11 is 0. The third kappa shape index (κ3) is 4.39. The maximum absolute atomic E-state index is 13.1. The summed E-state index contributed by atoms with van der Waals surface area (Å²) in [5.74, 6) is 0.0362. The number of nitrogens with zero attached hydrogens (tertiary/aromatic N) is 3. The Morgan fingerprint density at radius 2 is 1.65 bits per heavy atom. The van der Waals surface area contributed by atoms with Gasteiger partial charge in [0.15, 0.2) is 0 Å². The third-order valence-corrected chi connectivity index (χ3v) is 7.85. The molecule has 0 saturated carbocycles. The van der Waals surface area contributed by atoms with Crippen molar-refractivity contribution in [3.63, 3.8) is 0 Å². The summed E-state index contributed by atoms with van der Waals surface area (Å²) in [6, 6.07) is 12.0. The first-order valence-corrected chi connectivity index (χ1v) is 11.8. The van der Waals surface area contributed by atoms with Crippen LogP contribution in [0.3, 0.4) is 0 Å². The number of phenolic OH excluding ortho intramolecular Hbond substituents is 1. The summed E-state index contributed by atoms with van der Waals surface area (Å²) in [7, 11) is -3.68. The number of hydrogen-bond acceptors (Lipinski definition) is 6. The molecular formula is C22H27N3O5S. The van der Waals surface area contributed by atoms with Gasteiger partial charge in [0.25, 0.3) is 5.91 Å². The Labute approximate surface area is 182 Å². The molecule has 2 heterocycles. The van der Waals surface area contributed by atoms with Crippen molar-refractivity contribution in [2.45, 2.75) is 11.8 Å². The van der Waals surface area contributed by atoms with Crippen molar-refractivity contribution in [1.82, 2.24) is 9.21 Å². The normalized spacial score (nSPS) is 18.2. The van der Waals surface area contributed by atoms with Gasteiger partial charge in [-0.05, 0) is 36.8 Å². The zero-order valence-electron chi connectivity index (χ0n) is 17.5. The maximum atomic E-state index is 13.1. The van der Waals surface area contributed by atoms with Gasteiger partial charge in [-0.3, -0.25) is 4.79 Å². The van der Waals surface area contributed by atoms with E-state index in [-0.39, 0.29) is 16.6 Å². The number of benzene rings is 2. The van der Waals surface area contributed by atoms with Gasteiger partial charge >= 0.3 is 0 Å². The molecule has 0 bridgehead atoms. The number of aryl methyl sites for hydroxylation is 1. The van der Waals surface area contributed by atoms with Crippen LogP contribution >= 0.6 is 0 Å². The lowest BCUT2D eigenvalue weighted by atomic mass is 10.1. The summed E-state index contributed by atoms with van der Waals surface area (Å²) in [5, 5.41) is 10.1. The smallest absolute Gasteiger partial charge is 0.254 e. The number of phenols is 1. The van der Waals surface area contributed by atoms with Crippen LogP contribution in [0.1, 0.15) is 15.9 Å². The van der Waals surface area contributed by atoms with E-state index in [1.807, 2.05) is 17.0 Å². The zero-order chi connectivity index (χ0) is 22.0. The molecule has 0 unspecified atom stereocenters. The van der Waals surface area contributed by atoms with Gasteiger partial charge < -0.3 is 19.6 Å². The maximum Gasteiger partial charge on any atom is 0.254 e. The molecule has 1 N–H and O–H groups in total. The van der Waals surface area contributed by atoms with E-state index in [4.69, 9.17) is 4.74 Å². The standard InChI is InChI=1S/C22H27N3O5S/c1-17-6-7-18(16-21(17)31(28,29)25-12-14-30-15-13-25)22(27)24-10-8-23(9-11-24)19-4-2-3-5-20(19)26/h2-7,16,26H,8-15H2,1H3. The van der Waals surface area contributed by atoms with Gasteiger partial charge in [-0.25, -0.2) is 8.42 Å². The molecule has 166 valence electrons. The summed E-state index contributed by atoms with van der Waals surface area (Å²) in [5.41, 5.74) is 1.74. The number of aromatic hydroxyl groups is 1. The van der Waals surface area contributed by atoms with Crippen molar-refractivity contribution in [3.8, 4) is 5.75 Å². The average Bonchev–Trinajstić information content (AvgIpc) is 2.80. The fraction of sp³-hybridized carbons (Fsp3) is 0.409. The van der Waals surface area contributed by atoms with E-state index in [9.17, 15) is 18.3 Å². The second kappa shape index (κ2) is 8.86. The number of morpholine rings is 1. The molecule has 31 heavy (non-hydrogen) atoms. The van der Waals surface area contributed by atoms with E-state index in [0.29, 0.717) is 63.6 Å². The van der Waals surface area contributed by atoms with Gasteiger partial charge in [0.05, 0.1) is 23.8 Å². The molecule has 0 radical (unpaired) electrons. The number of sulfonamides is 1. The summed E-state index contributed by atoms with van der Waals surface area (Å²) in [6.07, 6.45) is 0. The molecule has 2 aromatic rings. The first-order chi connectivity index (χ1) is 14.9. The van der Waals surface area contributed by atoms with Crippen LogP contribution in [0.4, 0.5) is 5.69 Å². The van der Waals surface area contributed by atoms with E-state index in [1.165, 1.54) is 10.4 Å². The number of hydrogen-bond donors (Lipinski definition) is 1. The molecule has 8 nitrogen and oxygen atoms in total. The highest BCUT2D eigenvalue weighted by Gasteiger charge is 2.30. The van der Waals surface area contributed by atoms with Gasteiger partial charge in [0.1, 0.15) is 5.75 Å². The number of carbonyl (C=O) groups is 1. The van der Waals surface area contributed by atoms with Crippen molar-refractivity contribution >= 4 is 21.6 Å². The van der Waals surface area contributed by atoms with Crippen LogP contribution in [0.15, 0.2) is 47.4 Å². The van der Waals surface area contributed by atoms with Gasteiger partial charge in [0, 0.05) is 44.8 Å². The first kappa shape index (κ1) is 21.6. The predicted molar refractivity (Wildman–Crippen MR) is 117 cm³/mol. The van der Waals surface area contributed by atoms with Crippen LogP contribution in [0, 0.1) is 6.92 Å². The third-order valence-electron chi connectivity index (χ3n) is 5.81. The minimum absolute atomic E-state index is 0.174. The minimum atomic E-state index is -3.68. The highest BCUT2D eigenvalue weighted by Crippen LogP contribution is 2.28. The van der Waals surface area contributed by atoms with E-state index < -0.39 is 10.0 Å². The minimum Gasteiger partial charge on any atom is -0.506 e. The number of carbonyl (C=O) groups excluding carboxylic acids is 1. The van der Waals surface area contributed by atoms with E-state index in [0.717, 1.165) is 5.69 Å². The number of anilines is 1. The molecule has 2 saturated heterocycles. The number of ether oxygens (including phenoxy) is 1. The lowest BCUT2D eigenvalue weighted by Crippen LogP contribution is -2.48. The van der Waals surface area contributed by atoms with Crippen LogP contribution in [0.2, 0.25) is 0 Å². The molecule has 0 spiro atoms. The quantitative estimate of drug-likeness (QED) is 0.770. The van der Waals surface area contributed by atoms with E-state index in [2.05, 4.69) is 0 Å². The largest absolute Gasteiger partial charge is 0.506 e. The fourth-order valence-electron chi connectivity index (χ4n) is 4.00. The predicted octanol–water partition coefficient (Wildman–Crippen LogP) is 1.68. The number of rotatable bonds is 4. The van der Waals surface area contributed by atoms with Crippen LogP contribution in [-0.2, 0) is 14.8 Å². The Morgan fingerprint density at radius 3 is 2.32 bits per heavy atom. The molecule has 0 atom stereocenters. The van der Waals surface area contributed by atoms with Crippen molar-refractivity contribution in [1.29, 1.82) is 0 Å². The fourth-order valence-corrected chi connectivity index (χ4v) is 5.66.